The van der Waals surface area contributed by atoms with Gasteiger partial charge in [0.15, 0.2) is 0 Å². The summed E-state index contributed by atoms with van der Waals surface area (Å²) in [7, 11) is -3.53. The number of sulfone groups is 1. The molecule has 0 saturated carbocycles. The summed E-state index contributed by atoms with van der Waals surface area (Å²) in [6, 6.07) is 28.5. The van der Waals surface area contributed by atoms with Crippen molar-refractivity contribution in [2.24, 2.45) is 0 Å². The summed E-state index contributed by atoms with van der Waals surface area (Å²) in [6.45, 7) is 2.09. The Morgan fingerprint density at radius 3 is 2.04 bits per heavy atom. The molecule has 27 heavy (non-hydrogen) atoms. The molecular weight excluding hydrogens is 352 g/mol. The highest BCUT2D eigenvalue weighted by molar-refractivity contribution is 7.91. The maximum Gasteiger partial charge on any atom is 0.206 e. The first kappa shape index (κ1) is 17.5. The fourth-order valence-electron chi connectivity index (χ4n) is 3.29. The monoisotopic (exact) mass is 372 g/mol. The molecule has 4 rings (SSSR count). The van der Waals surface area contributed by atoms with E-state index in [0.717, 1.165) is 22.8 Å². The zero-order valence-electron chi connectivity index (χ0n) is 15.1. The van der Waals surface area contributed by atoms with E-state index < -0.39 is 9.84 Å². The third-order valence-electron chi connectivity index (χ3n) is 4.92. The lowest BCUT2D eigenvalue weighted by Gasteiger charge is -2.09. The summed E-state index contributed by atoms with van der Waals surface area (Å²) < 4.78 is 26.0. The van der Waals surface area contributed by atoms with Gasteiger partial charge in [0, 0.05) is 0 Å². The Balaban J connectivity index is 1.64. The van der Waals surface area contributed by atoms with E-state index in [1.54, 1.807) is 24.3 Å². The highest BCUT2D eigenvalue weighted by atomic mass is 32.2. The molecule has 4 aromatic rings. The van der Waals surface area contributed by atoms with Gasteiger partial charge in [-0.2, -0.15) is 0 Å². The van der Waals surface area contributed by atoms with Crippen LogP contribution in [0, 0.1) is 6.92 Å². The second-order valence-corrected chi connectivity index (χ2v) is 8.71. The molecule has 3 heteroatoms. The maximum atomic E-state index is 13.0. The summed E-state index contributed by atoms with van der Waals surface area (Å²) in [5, 5.41) is 1.96. The Bertz CT molecular complexity index is 1210. The minimum Gasteiger partial charge on any atom is -0.219 e. The molecule has 0 aliphatic carbocycles. The van der Waals surface area contributed by atoms with Crippen molar-refractivity contribution in [2.75, 3.05) is 0 Å². The van der Waals surface area contributed by atoms with Gasteiger partial charge in [-0.1, -0.05) is 66.7 Å². The number of aryl methyl sites for hydroxylation is 1. The summed E-state index contributed by atoms with van der Waals surface area (Å²) in [6.07, 6.45) is 0.795. The van der Waals surface area contributed by atoms with E-state index in [4.69, 9.17) is 0 Å². The van der Waals surface area contributed by atoms with Gasteiger partial charge in [-0.3, -0.25) is 0 Å². The molecular formula is C24H20O2S. The van der Waals surface area contributed by atoms with Gasteiger partial charge < -0.3 is 0 Å². The lowest BCUT2D eigenvalue weighted by Crippen LogP contribution is -2.02. The van der Waals surface area contributed by atoms with Gasteiger partial charge in [0.25, 0.3) is 0 Å². The topological polar surface area (TPSA) is 34.1 Å². The number of benzene rings is 4. The third kappa shape index (κ3) is 3.51. The molecule has 0 heterocycles. The highest BCUT2D eigenvalue weighted by Gasteiger charge is 2.18. The van der Waals surface area contributed by atoms with E-state index in [9.17, 15) is 8.42 Å². The van der Waals surface area contributed by atoms with E-state index >= 15 is 0 Å². The molecule has 0 unspecified atom stereocenters. The first-order valence-corrected chi connectivity index (χ1v) is 10.4. The first-order chi connectivity index (χ1) is 13.0. The molecule has 0 bridgehead atoms. The van der Waals surface area contributed by atoms with E-state index in [1.807, 2.05) is 54.6 Å². The van der Waals surface area contributed by atoms with Crippen molar-refractivity contribution in [1.29, 1.82) is 0 Å². The van der Waals surface area contributed by atoms with Crippen LogP contribution < -0.4 is 0 Å². The molecule has 2 nitrogen and oxygen atoms in total. The molecule has 0 aliphatic heterocycles. The van der Waals surface area contributed by atoms with Crippen molar-refractivity contribution in [3.05, 3.63) is 108 Å². The van der Waals surface area contributed by atoms with Crippen molar-refractivity contribution < 1.29 is 8.42 Å². The SMILES string of the molecule is Cc1ccccc1Cc1ccc(S(=O)(=O)c2ccc3ccccc3c2)cc1. The van der Waals surface area contributed by atoms with Crippen molar-refractivity contribution >= 4 is 20.6 Å². The predicted molar refractivity (Wildman–Crippen MR) is 110 cm³/mol. The van der Waals surface area contributed by atoms with Crippen molar-refractivity contribution in [3.8, 4) is 0 Å². The second-order valence-electron chi connectivity index (χ2n) is 6.76. The molecule has 0 N–H and O–H groups in total. The zero-order valence-corrected chi connectivity index (χ0v) is 15.9. The lowest BCUT2D eigenvalue weighted by molar-refractivity contribution is 0.596. The standard InChI is InChI=1S/C24H20O2S/c1-18-6-2-3-8-21(18)16-19-10-13-23(14-11-19)27(25,26)24-15-12-20-7-4-5-9-22(20)17-24/h2-15,17H,16H2,1H3. The summed E-state index contributed by atoms with van der Waals surface area (Å²) in [5.41, 5.74) is 3.59. The average molecular weight is 372 g/mol. The van der Waals surface area contributed by atoms with Crippen LogP contribution in [-0.4, -0.2) is 8.42 Å². The molecule has 0 spiro atoms. The van der Waals surface area contributed by atoms with Crippen LogP contribution in [0.3, 0.4) is 0 Å². The van der Waals surface area contributed by atoms with Gasteiger partial charge in [0.2, 0.25) is 9.84 Å². The molecule has 0 radical (unpaired) electrons. The Hall–Kier alpha value is -2.91. The smallest absolute Gasteiger partial charge is 0.206 e. The van der Waals surface area contributed by atoms with Crippen molar-refractivity contribution in [2.45, 2.75) is 23.1 Å². The first-order valence-electron chi connectivity index (χ1n) is 8.91. The van der Waals surface area contributed by atoms with Crippen LogP contribution in [0.5, 0.6) is 0 Å². The Kier molecular flexibility index (Phi) is 4.54. The normalized spacial score (nSPS) is 11.6. The van der Waals surface area contributed by atoms with Crippen LogP contribution in [0.15, 0.2) is 101 Å². The van der Waals surface area contributed by atoms with Gasteiger partial charge in [0.05, 0.1) is 9.79 Å². The third-order valence-corrected chi connectivity index (χ3v) is 6.69. The summed E-state index contributed by atoms with van der Waals surface area (Å²) in [4.78, 5) is 0.652. The Labute approximate surface area is 160 Å². The maximum absolute atomic E-state index is 13.0. The summed E-state index contributed by atoms with van der Waals surface area (Å²) >= 11 is 0. The van der Waals surface area contributed by atoms with Crippen LogP contribution >= 0.6 is 0 Å². The number of hydrogen-bond donors (Lipinski definition) is 0. The minimum absolute atomic E-state index is 0.325. The van der Waals surface area contributed by atoms with E-state index in [1.165, 1.54) is 11.1 Å². The second kappa shape index (κ2) is 7.01. The van der Waals surface area contributed by atoms with E-state index in [0.29, 0.717) is 9.79 Å². The van der Waals surface area contributed by atoms with Crippen LogP contribution in [0.2, 0.25) is 0 Å². The van der Waals surface area contributed by atoms with E-state index in [2.05, 4.69) is 19.1 Å². The molecule has 134 valence electrons. The molecule has 0 aromatic heterocycles. The molecule has 0 fully saturated rings. The van der Waals surface area contributed by atoms with Crippen molar-refractivity contribution in [3.63, 3.8) is 0 Å². The van der Waals surface area contributed by atoms with Gasteiger partial charge in [-0.15, -0.1) is 0 Å². The molecule has 0 aliphatic rings. The molecule has 4 aromatic carbocycles. The van der Waals surface area contributed by atoms with Crippen LogP contribution in [-0.2, 0) is 16.3 Å². The number of hydrogen-bond acceptors (Lipinski definition) is 2. The van der Waals surface area contributed by atoms with Crippen LogP contribution in [0.4, 0.5) is 0 Å². The average Bonchev–Trinajstić information content (AvgIpc) is 2.70. The van der Waals surface area contributed by atoms with Gasteiger partial charge in [-0.25, -0.2) is 8.42 Å². The molecule has 0 amide bonds. The fourth-order valence-corrected chi connectivity index (χ4v) is 4.58. The molecule has 0 saturated heterocycles. The Morgan fingerprint density at radius 2 is 1.30 bits per heavy atom. The highest BCUT2D eigenvalue weighted by Crippen LogP contribution is 2.25. The zero-order chi connectivity index (χ0) is 18.9. The lowest BCUT2D eigenvalue weighted by atomic mass is 10.0. The fraction of sp³-hybridized carbons (Fsp3) is 0.0833. The Morgan fingerprint density at radius 1 is 0.667 bits per heavy atom. The number of fused-ring (bicyclic) bond motifs is 1. The predicted octanol–water partition coefficient (Wildman–Crippen LogP) is 5.57. The summed E-state index contributed by atoms with van der Waals surface area (Å²) in [5.74, 6) is 0. The number of rotatable bonds is 4. The van der Waals surface area contributed by atoms with Crippen LogP contribution in [0.1, 0.15) is 16.7 Å². The molecule has 0 atom stereocenters. The minimum atomic E-state index is -3.53. The van der Waals surface area contributed by atoms with Crippen LogP contribution in [0.25, 0.3) is 10.8 Å². The quantitative estimate of drug-likeness (QED) is 0.469. The van der Waals surface area contributed by atoms with E-state index in [-0.39, 0.29) is 0 Å². The largest absolute Gasteiger partial charge is 0.219 e. The van der Waals surface area contributed by atoms with Gasteiger partial charge in [-0.05, 0) is 65.1 Å². The van der Waals surface area contributed by atoms with Crippen molar-refractivity contribution in [1.82, 2.24) is 0 Å². The van der Waals surface area contributed by atoms with Gasteiger partial charge in [0.1, 0.15) is 0 Å². The van der Waals surface area contributed by atoms with Gasteiger partial charge >= 0.3 is 0 Å².